The first-order valence-corrected chi connectivity index (χ1v) is 12.5. The Morgan fingerprint density at radius 3 is 2.39 bits per heavy atom. The predicted molar refractivity (Wildman–Crippen MR) is 135 cm³/mol. The van der Waals surface area contributed by atoms with Gasteiger partial charge in [-0.3, -0.25) is 19.3 Å². The van der Waals surface area contributed by atoms with E-state index < -0.39 is 6.04 Å². The lowest BCUT2D eigenvalue weighted by atomic mass is 10.1. The van der Waals surface area contributed by atoms with Crippen LogP contribution in [-0.2, 0) is 9.59 Å². The summed E-state index contributed by atoms with van der Waals surface area (Å²) in [6.45, 7) is 6.00. The molecular formula is C25H32N4O3S. The summed E-state index contributed by atoms with van der Waals surface area (Å²) in [6, 6.07) is 15.9. The number of rotatable bonds is 9. The standard InChI is InChI=1S/C25H32N4O3S/c1-3-12-29(19(2)24(31)27-21-9-5-4-6-10-21)18-23(30)26-22-11-7-8-20(17-22)25(32)28-13-15-33-16-14-28/h4-11,17,19H,3,12-16,18H2,1-2H3,(H,26,30)(H,27,31). The molecule has 0 aliphatic carbocycles. The molecule has 2 N–H and O–H groups in total. The highest BCUT2D eigenvalue weighted by Crippen LogP contribution is 2.17. The highest BCUT2D eigenvalue weighted by Gasteiger charge is 2.23. The second kappa shape index (κ2) is 12.4. The van der Waals surface area contributed by atoms with Crippen LogP contribution in [0.25, 0.3) is 0 Å². The number of hydrogen-bond acceptors (Lipinski definition) is 5. The van der Waals surface area contributed by atoms with Crippen LogP contribution in [0.5, 0.6) is 0 Å². The molecule has 176 valence electrons. The number of nitrogens with zero attached hydrogens (tertiary/aromatic N) is 2. The summed E-state index contributed by atoms with van der Waals surface area (Å²) in [5.74, 6) is 1.51. The van der Waals surface area contributed by atoms with Crippen molar-refractivity contribution in [3.05, 3.63) is 60.2 Å². The van der Waals surface area contributed by atoms with Gasteiger partial charge in [-0.15, -0.1) is 0 Å². The minimum absolute atomic E-state index is 0.00906. The van der Waals surface area contributed by atoms with E-state index in [1.54, 1.807) is 31.2 Å². The van der Waals surface area contributed by atoms with Crippen LogP contribution >= 0.6 is 11.8 Å². The van der Waals surface area contributed by atoms with Gasteiger partial charge in [0.25, 0.3) is 5.91 Å². The zero-order valence-electron chi connectivity index (χ0n) is 19.3. The van der Waals surface area contributed by atoms with Gasteiger partial charge in [-0.2, -0.15) is 11.8 Å². The maximum Gasteiger partial charge on any atom is 0.253 e. The number of anilines is 2. The van der Waals surface area contributed by atoms with E-state index in [4.69, 9.17) is 0 Å². The van der Waals surface area contributed by atoms with Crippen molar-refractivity contribution in [1.29, 1.82) is 0 Å². The van der Waals surface area contributed by atoms with Gasteiger partial charge in [-0.1, -0.05) is 31.2 Å². The summed E-state index contributed by atoms with van der Waals surface area (Å²) in [7, 11) is 0. The summed E-state index contributed by atoms with van der Waals surface area (Å²) in [6.07, 6.45) is 0.814. The fourth-order valence-corrected chi connectivity index (χ4v) is 4.60. The quantitative estimate of drug-likeness (QED) is 0.588. The first-order valence-electron chi connectivity index (χ1n) is 11.3. The van der Waals surface area contributed by atoms with Crippen molar-refractivity contribution in [2.75, 3.05) is 48.3 Å². The van der Waals surface area contributed by atoms with Crippen molar-refractivity contribution >= 4 is 40.9 Å². The number of benzene rings is 2. The van der Waals surface area contributed by atoms with Crippen LogP contribution in [-0.4, -0.2) is 71.2 Å². The molecule has 2 aromatic carbocycles. The van der Waals surface area contributed by atoms with Gasteiger partial charge in [0.2, 0.25) is 11.8 Å². The zero-order chi connectivity index (χ0) is 23.6. The smallest absolute Gasteiger partial charge is 0.253 e. The minimum Gasteiger partial charge on any atom is -0.337 e. The highest BCUT2D eigenvalue weighted by atomic mass is 32.2. The van der Waals surface area contributed by atoms with E-state index in [2.05, 4.69) is 10.6 Å². The molecule has 1 aliphatic rings. The first kappa shape index (κ1) is 24.8. The average Bonchev–Trinajstić information content (AvgIpc) is 2.84. The molecule has 0 bridgehead atoms. The van der Waals surface area contributed by atoms with Crippen LogP contribution < -0.4 is 10.6 Å². The normalized spacial score (nSPS) is 14.6. The Labute approximate surface area is 199 Å². The Balaban J connectivity index is 1.60. The average molecular weight is 469 g/mol. The number of amides is 3. The third kappa shape index (κ3) is 7.33. The number of hydrogen-bond donors (Lipinski definition) is 2. The van der Waals surface area contributed by atoms with Crippen molar-refractivity contribution in [2.24, 2.45) is 0 Å². The topological polar surface area (TPSA) is 81.8 Å². The van der Waals surface area contributed by atoms with Crippen LogP contribution in [0, 0.1) is 0 Å². The van der Waals surface area contributed by atoms with Crippen molar-refractivity contribution in [3.8, 4) is 0 Å². The first-order chi connectivity index (χ1) is 16.0. The van der Waals surface area contributed by atoms with Gasteiger partial charge >= 0.3 is 0 Å². The lowest BCUT2D eigenvalue weighted by molar-refractivity contribution is -0.123. The summed E-state index contributed by atoms with van der Waals surface area (Å²) in [5, 5.41) is 5.78. The van der Waals surface area contributed by atoms with Crippen LogP contribution in [0.1, 0.15) is 30.6 Å². The number of para-hydroxylation sites is 1. The Kier molecular flexibility index (Phi) is 9.33. The lowest BCUT2D eigenvalue weighted by Gasteiger charge is -2.27. The van der Waals surface area contributed by atoms with Crippen molar-refractivity contribution < 1.29 is 14.4 Å². The van der Waals surface area contributed by atoms with Crippen LogP contribution in [0.2, 0.25) is 0 Å². The molecule has 33 heavy (non-hydrogen) atoms. The molecule has 0 spiro atoms. The molecule has 1 unspecified atom stereocenters. The molecule has 3 rings (SSSR count). The highest BCUT2D eigenvalue weighted by molar-refractivity contribution is 7.99. The molecule has 1 saturated heterocycles. The van der Waals surface area contributed by atoms with Crippen molar-refractivity contribution in [2.45, 2.75) is 26.3 Å². The third-order valence-corrected chi connectivity index (χ3v) is 6.46. The number of carbonyl (C=O) groups excluding carboxylic acids is 3. The van der Waals surface area contributed by atoms with Crippen molar-refractivity contribution in [1.82, 2.24) is 9.80 Å². The molecule has 0 aromatic heterocycles. The molecule has 0 radical (unpaired) electrons. The molecule has 3 amide bonds. The maximum atomic E-state index is 12.8. The van der Waals surface area contributed by atoms with E-state index in [0.717, 1.165) is 36.7 Å². The molecule has 1 atom stereocenters. The molecule has 8 heteroatoms. The van der Waals surface area contributed by atoms with E-state index in [0.29, 0.717) is 17.8 Å². The van der Waals surface area contributed by atoms with Crippen LogP contribution in [0.15, 0.2) is 54.6 Å². The molecule has 2 aromatic rings. The monoisotopic (exact) mass is 468 g/mol. The Hall–Kier alpha value is -2.84. The van der Waals surface area contributed by atoms with E-state index in [1.807, 2.05) is 58.8 Å². The largest absolute Gasteiger partial charge is 0.337 e. The van der Waals surface area contributed by atoms with Gasteiger partial charge in [-0.05, 0) is 50.2 Å². The van der Waals surface area contributed by atoms with Gasteiger partial charge in [0.05, 0.1) is 12.6 Å². The molecule has 1 heterocycles. The maximum absolute atomic E-state index is 12.8. The number of nitrogens with one attached hydrogen (secondary N) is 2. The second-order valence-corrected chi connectivity index (χ2v) is 9.26. The SMILES string of the molecule is CCCN(CC(=O)Nc1cccc(C(=O)N2CCSCC2)c1)C(C)C(=O)Nc1ccccc1. The molecular weight excluding hydrogens is 436 g/mol. The molecule has 7 nitrogen and oxygen atoms in total. The van der Waals surface area contributed by atoms with Crippen LogP contribution in [0.3, 0.4) is 0 Å². The van der Waals surface area contributed by atoms with E-state index in [9.17, 15) is 14.4 Å². The summed E-state index contributed by atoms with van der Waals surface area (Å²) in [4.78, 5) is 42.0. The van der Waals surface area contributed by atoms with Gasteiger partial charge in [0.1, 0.15) is 0 Å². The number of carbonyl (C=O) groups is 3. The Morgan fingerprint density at radius 1 is 1.00 bits per heavy atom. The summed E-state index contributed by atoms with van der Waals surface area (Å²) < 4.78 is 0. The fourth-order valence-electron chi connectivity index (χ4n) is 3.69. The Morgan fingerprint density at radius 2 is 1.70 bits per heavy atom. The fraction of sp³-hybridized carbons (Fsp3) is 0.400. The van der Waals surface area contributed by atoms with E-state index >= 15 is 0 Å². The van der Waals surface area contributed by atoms with Gasteiger partial charge in [0.15, 0.2) is 0 Å². The van der Waals surface area contributed by atoms with E-state index in [-0.39, 0.29) is 24.3 Å². The summed E-state index contributed by atoms with van der Waals surface area (Å²) >= 11 is 1.85. The van der Waals surface area contributed by atoms with Crippen molar-refractivity contribution in [3.63, 3.8) is 0 Å². The van der Waals surface area contributed by atoms with E-state index in [1.165, 1.54) is 0 Å². The van der Waals surface area contributed by atoms with Crippen LogP contribution in [0.4, 0.5) is 11.4 Å². The second-order valence-electron chi connectivity index (χ2n) is 8.04. The Bertz CT molecular complexity index is 948. The predicted octanol–water partition coefficient (Wildman–Crippen LogP) is 3.55. The minimum atomic E-state index is -0.471. The summed E-state index contributed by atoms with van der Waals surface area (Å²) in [5.41, 5.74) is 1.87. The molecule has 0 saturated carbocycles. The lowest BCUT2D eigenvalue weighted by Crippen LogP contribution is -2.46. The van der Waals surface area contributed by atoms with Gasteiger partial charge in [-0.25, -0.2) is 0 Å². The third-order valence-electron chi connectivity index (χ3n) is 5.52. The number of thioether (sulfide) groups is 1. The van der Waals surface area contributed by atoms with Gasteiger partial charge in [0, 0.05) is 41.5 Å². The molecule has 1 fully saturated rings. The molecule has 1 aliphatic heterocycles. The zero-order valence-corrected chi connectivity index (χ0v) is 20.1. The van der Waals surface area contributed by atoms with Gasteiger partial charge < -0.3 is 15.5 Å².